The van der Waals surface area contributed by atoms with Gasteiger partial charge in [-0.1, -0.05) is 13.8 Å². The lowest BCUT2D eigenvalue weighted by atomic mass is 10.00. The van der Waals surface area contributed by atoms with Crippen molar-refractivity contribution in [2.24, 2.45) is 0 Å². The third kappa shape index (κ3) is 1.96. The zero-order valence-corrected chi connectivity index (χ0v) is 7.77. The molecule has 0 aromatic rings. The van der Waals surface area contributed by atoms with Gasteiger partial charge in [-0.05, 0) is 21.0 Å². The van der Waals surface area contributed by atoms with E-state index in [1.165, 1.54) is 0 Å². The second kappa shape index (κ2) is 3.94. The van der Waals surface area contributed by atoms with Crippen molar-refractivity contribution in [3.8, 4) is 0 Å². The van der Waals surface area contributed by atoms with E-state index >= 15 is 0 Å². The summed E-state index contributed by atoms with van der Waals surface area (Å²) in [4.78, 5) is 2.20. The van der Waals surface area contributed by atoms with Gasteiger partial charge in [0.2, 0.25) is 0 Å². The summed E-state index contributed by atoms with van der Waals surface area (Å²) < 4.78 is 5.06. The maximum absolute atomic E-state index is 5.06. The summed E-state index contributed by atoms with van der Waals surface area (Å²) >= 11 is 0. The lowest BCUT2D eigenvalue weighted by molar-refractivity contribution is -0.113. The number of rotatable bonds is 1. The van der Waals surface area contributed by atoms with Crippen molar-refractivity contribution >= 4 is 0 Å². The largest absolute Gasteiger partial charge is 0.377 e. The standard InChI is InChI=1S/C6H13NO.C2H6/c1-6(7(2)3)4-8-5-6;1-2/h4-5H2,1-3H3;1-2H3. The Morgan fingerprint density at radius 2 is 1.60 bits per heavy atom. The van der Waals surface area contributed by atoms with Gasteiger partial charge in [0.25, 0.3) is 0 Å². The van der Waals surface area contributed by atoms with Gasteiger partial charge in [0.05, 0.1) is 18.8 Å². The number of hydrogen-bond acceptors (Lipinski definition) is 2. The monoisotopic (exact) mass is 145 g/mol. The van der Waals surface area contributed by atoms with Crippen molar-refractivity contribution in [3.63, 3.8) is 0 Å². The summed E-state index contributed by atoms with van der Waals surface area (Å²) in [6.07, 6.45) is 0. The van der Waals surface area contributed by atoms with E-state index in [0.717, 1.165) is 13.2 Å². The number of ether oxygens (including phenoxy) is 1. The Morgan fingerprint density at radius 3 is 1.60 bits per heavy atom. The molecule has 10 heavy (non-hydrogen) atoms. The molecule has 0 aromatic heterocycles. The third-order valence-corrected chi connectivity index (χ3v) is 1.91. The quantitative estimate of drug-likeness (QED) is 0.552. The second-order valence-corrected chi connectivity index (χ2v) is 2.88. The minimum Gasteiger partial charge on any atom is -0.377 e. The van der Waals surface area contributed by atoms with Gasteiger partial charge < -0.3 is 4.74 Å². The Labute approximate surface area is 64.2 Å². The van der Waals surface area contributed by atoms with Crippen LogP contribution in [0.25, 0.3) is 0 Å². The van der Waals surface area contributed by atoms with Crippen LogP contribution in [0.4, 0.5) is 0 Å². The summed E-state index contributed by atoms with van der Waals surface area (Å²) in [5, 5.41) is 0. The van der Waals surface area contributed by atoms with Crippen molar-refractivity contribution in [2.45, 2.75) is 26.3 Å². The molecule has 0 unspecified atom stereocenters. The molecular weight excluding hydrogens is 126 g/mol. The first kappa shape index (κ1) is 9.92. The van der Waals surface area contributed by atoms with Crippen molar-refractivity contribution in [1.29, 1.82) is 0 Å². The average Bonchev–Trinajstić information content (AvgIpc) is 1.87. The molecule has 0 amide bonds. The molecule has 1 aliphatic heterocycles. The molecule has 62 valence electrons. The van der Waals surface area contributed by atoms with Crippen LogP contribution in [0, 0.1) is 0 Å². The first-order valence-corrected chi connectivity index (χ1v) is 3.90. The minimum atomic E-state index is 0.333. The summed E-state index contributed by atoms with van der Waals surface area (Å²) in [5.74, 6) is 0. The van der Waals surface area contributed by atoms with Gasteiger partial charge in [0.15, 0.2) is 0 Å². The summed E-state index contributed by atoms with van der Waals surface area (Å²) in [7, 11) is 4.17. The van der Waals surface area contributed by atoms with Crippen LogP contribution in [-0.2, 0) is 4.74 Å². The van der Waals surface area contributed by atoms with Crippen LogP contribution in [0.2, 0.25) is 0 Å². The van der Waals surface area contributed by atoms with Gasteiger partial charge in [-0.2, -0.15) is 0 Å². The first-order valence-electron chi connectivity index (χ1n) is 3.90. The van der Waals surface area contributed by atoms with Crippen LogP contribution in [-0.4, -0.2) is 37.7 Å². The number of likely N-dealkylation sites (N-methyl/N-ethyl adjacent to an activating group) is 1. The van der Waals surface area contributed by atoms with Crippen LogP contribution in [0.1, 0.15) is 20.8 Å². The smallest absolute Gasteiger partial charge is 0.0671 e. The van der Waals surface area contributed by atoms with Crippen LogP contribution < -0.4 is 0 Å². The number of hydrogen-bond donors (Lipinski definition) is 0. The van der Waals surface area contributed by atoms with Gasteiger partial charge in [-0.15, -0.1) is 0 Å². The highest BCUT2D eigenvalue weighted by Gasteiger charge is 2.34. The summed E-state index contributed by atoms with van der Waals surface area (Å²) in [6.45, 7) is 7.98. The Morgan fingerprint density at radius 1 is 1.20 bits per heavy atom. The van der Waals surface area contributed by atoms with Gasteiger partial charge in [-0.3, -0.25) is 4.90 Å². The van der Waals surface area contributed by atoms with Gasteiger partial charge in [-0.25, -0.2) is 0 Å². The fraction of sp³-hybridized carbons (Fsp3) is 1.00. The van der Waals surface area contributed by atoms with Crippen LogP contribution in [0.3, 0.4) is 0 Å². The van der Waals surface area contributed by atoms with E-state index in [9.17, 15) is 0 Å². The fourth-order valence-electron chi connectivity index (χ4n) is 0.656. The molecule has 0 atom stereocenters. The molecule has 0 aromatic carbocycles. The Kier molecular flexibility index (Phi) is 3.91. The molecule has 0 N–H and O–H groups in total. The highest BCUT2D eigenvalue weighted by Crippen LogP contribution is 2.20. The molecule has 2 nitrogen and oxygen atoms in total. The minimum absolute atomic E-state index is 0.333. The van der Waals surface area contributed by atoms with Crippen LogP contribution >= 0.6 is 0 Å². The van der Waals surface area contributed by atoms with Crippen LogP contribution in [0.5, 0.6) is 0 Å². The lowest BCUT2D eigenvalue weighted by Gasteiger charge is -2.43. The molecule has 1 saturated heterocycles. The summed E-state index contributed by atoms with van der Waals surface area (Å²) in [5.41, 5.74) is 0.333. The zero-order chi connectivity index (χ0) is 8.20. The Hall–Kier alpha value is -0.0800. The van der Waals surface area contributed by atoms with Crippen LogP contribution in [0.15, 0.2) is 0 Å². The Bertz CT molecular complexity index is 87.3. The first-order chi connectivity index (χ1) is 4.65. The molecule has 0 saturated carbocycles. The van der Waals surface area contributed by atoms with Crippen molar-refractivity contribution in [3.05, 3.63) is 0 Å². The van der Waals surface area contributed by atoms with E-state index in [1.807, 2.05) is 13.8 Å². The highest BCUT2D eigenvalue weighted by atomic mass is 16.5. The van der Waals surface area contributed by atoms with Crippen molar-refractivity contribution < 1.29 is 4.74 Å². The SMILES string of the molecule is CC.CN(C)C1(C)COC1. The van der Waals surface area contributed by atoms with Crippen molar-refractivity contribution in [1.82, 2.24) is 4.90 Å². The van der Waals surface area contributed by atoms with Gasteiger partial charge in [0, 0.05) is 0 Å². The van der Waals surface area contributed by atoms with E-state index in [4.69, 9.17) is 4.74 Å². The molecular formula is C8H19NO. The molecule has 1 fully saturated rings. The van der Waals surface area contributed by atoms with E-state index in [1.54, 1.807) is 0 Å². The third-order valence-electron chi connectivity index (χ3n) is 1.91. The molecule has 0 bridgehead atoms. The molecule has 0 aliphatic carbocycles. The maximum atomic E-state index is 5.06. The molecule has 0 spiro atoms. The predicted octanol–water partition coefficient (Wildman–Crippen LogP) is 1.36. The van der Waals surface area contributed by atoms with Gasteiger partial charge in [0.1, 0.15) is 0 Å². The molecule has 2 heteroatoms. The second-order valence-electron chi connectivity index (χ2n) is 2.88. The van der Waals surface area contributed by atoms with E-state index < -0.39 is 0 Å². The Balaban J connectivity index is 0.000000371. The molecule has 1 heterocycles. The van der Waals surface area contributed by atoms with Gasteiger partial charge >= 0.3 is 0 Å². The maximum Gasteiger partial charge on any atom is 0.0671 e. The van der Waals surface area contributed by atoms with E-state index in [2.05, 4.69) is 25.9 Å². The molecule has 0 radical (unpaired) electrons. The van der Waals surface area contributed by atoms with E-state index in [0.29, 0.717) is 5.54 Å². The lowest BCUT2D eigenvalue weighted by Crippen LogP contribution is -2.57. The topological polar surface area (TPSA) is 12.5 Å². The normalized spacial score (nSPS) is 21.0. The predicted molar refractivity (Wildman–Crippen MR) is 44.3 cm³/mol. The number of nitrogens with zero attached hydrogens (tertiary/aromatic N) is 1. The molecule has 1 rings (SSSR count). The van der Waals surface area contributed by atoms with Crippen molar-refractivity contribution in [2.75, 3.05) is 27.3 Å². The molecule has 1 aliphatic rings. The average molecular weight is 145 g/mol. The highest BCUT2D eigenvalue weighted by molar-refractivity contribution is 4.88. The summed E-state index contributed by atoms with van der Waals surface area (Å²) in [6, 6.07) is 0. The van der Waals surface area contributed by atoms with E-state index in [-0.39, 0.29) is 0 Å². The zero-order valence-electron chi connectivity index (χ0n) is 7.77. The fourth-order valence-corrected chi connectivity index (χ4v) is 0.656.